The molecule has 19 heavy (non-hydrogen) atoms. The Balaban J connectivity index is 2.34. The molecule has 0 spiro atoms. The summed E-state index contributed by atoms with van der Waals surface area (Å²) in [6.45, 7) is 11.9. The van der Waals surface area contributed by atoms with E-state index in [9.17, 15) is 0 Å². The number of likely N-dealkylation sites (tertiary alicyclic amines) is 1. The Labute approximate surface area is 120 Å². The molecule has 0 bridgehead atoms. The quantitative estimate of drug-likeness (QED) is 0.730. The van der Waals surface area contributed by atoms with E-state index < -0.39 is 0 Å². The van der Waals surface area contributed by atoms with Crippen LogP contribution < -0.4 is 5.32 Å². The summed E-state index contributed by atoms with van der Waals surface area (Å²) >= 11 is 0. The fraction of sp³-hybridized carbons (Fsp3) is 1.00. The maximum absolute atomic E-state index is 3.91. The predicted octanol–water partition coefficient (Wildman–Crippen LogP) is 2.43. The summed E-state index contributed by atoms with van der Waals surface area (Å²) in [4.78, 5) is 4.92. The largest absolute Gasteiger partial charge is 0.310 e. The molecule has 114 valence electrons. The topological polar surface area (TPSA) is 18.5 Å². The second-order valence-corrected chi connectivity index (χ2v) is 6.87. The molecule has 1 fully saturated rings. The van der Waals surface area contributed by atoms with Crippen molar-refractivity contribution in [3.8, 4) is 0 Å². The van der Waals surface area contributed by atoms with Gasteiger partial charge in [0.2, 0.25) is 0 Å². The lowest BCUT2D eigenvalue weighted by Crippen LogP contribution is -2.49. The average molecular weight is 269 g/mol. The Morgan fingerprint density at radius 2 is 1.84 bits per heavy atom. The maximum Gasteiger partial charge on any atom is 0.0199 e. The van der Waals surface area contributed by atoms with Gasteiger partial charge in [0.25, 0.3) is 0 Å². The highest BCUT2D eigenvalue weighted by molar-refractivity contribution is 4.82. The normalized spacial score (nSPS) is 20.4. The van der Waals surface area contributed by atoms with E-state index in [0.717, 1.165) is 18.5 Å². The number of nitrogens with zero attached hydrogens (tertiary/aromatic N) is 2. The minimum Gasteiger partial charge on any atom is -0.310 e. The van der Waals surface area contributed by atoms with Gasteiger partial charge in [-0.3, -0.25) is 0 Å². The van der Waals surface area contributed by atoms with E-state index in [0.29, 0.717) is 6.04 Å². The SMILES string of the molecule is CCCN1CCC(NC(CC(C)C)CN(C)C)CC1. The summed E-state index contributed by atoms with van der Waals surface area (Å²) in [5, 5.41) is 3.91. The molecule has 0 amide bonds. The molecule has 3 heteroatoms. The lowest BCUT2D eigenvalue weighted by Gasteiger charge is -2.35. The van der Waals surface area contributed by atoms with Crippen LogP contribution in [0.2, 0.25) is 0 Å². The van der Waals surface area contributed by atoms with Gasteiger partial charge in [0, 0.05) is 18.6 Å². The van der Waals surface area contributed by atoms with Crippen molar-refractivity contribution in [2.24, 2.45) is 5.92 Å². The van der Waals surface area contributed by atoms with Gasteiger partial charge >= 0.3 is 0 Å². The summed E-state index contributed by atoms with van der Waals surface area (Å²) in [6, 6.07) is 1.38. The summed E-state index contributed by atoms with van der Waals surface area (Å²) in [6.07, 6.45) is 5.21. The number of likely N-dealkylation sites (N-methyl/N-ethyl adjacent to an activating group) is 1. The smallest absolute Gasteiger partial charge is 0.0199 e. The summed E-state index contributed by atoms with van der Waals surface area (Å²) in [5.74, 6) is 0.776. The minimum atomic E-state index is 0.651. The fourth-order valence-corrected chi connectivity index (χ4v) is 3.18. The molecule has 1 aliphatic rings. The van der Waals surface area contributed by atoms with E-state index >= 15 is 0 Å². The van der Waals surface area contributed by atoms with Crippen LogP contribution >= 0.6 is 0 Å². The van der Waals surface area contributed by atoms with Gasteiger partial charge in [-0.25, -0.2) is 0 Å². The molecule has 1 unspecified atom stereocenters. The summed E-state index contributed by atoms with van der Waals surface area (Å²) in [5.41, 5.74) is 0. The molecule has 0 aromatic rings. The number of rotatable bonds is 8. The zero-order valence-corrected chi connectivity index (χ0v) is 13.8. The molecule has 1 saturated heterocycles. The van der Waals surface area contributed by atoms with E-state index in [1.54, 1.807) is 0 Å². The monoisotopic (exact) mass is 269 g/mol. The fourth-order valence-electron chi connectivity index (χ4n) is 3.18. The molecule has 3 nitrogen and oxygen atoms in total. The molecule has 1 rings (SSSR count). The molecule has 0 aliphatic carbocycles. The van der Waals surface area contributed by atoms with Gasteiger partial charge in [0.1, 0.15) is 0 Å². The van der Waals surface area contributed by atoms with E-state index in [4.69, 9.17) is 0 Å². The first kappa shape index (κ1) is 16.9. The number of nitrogens with one attached hydrogen (secondary N) is 1. The highest BCUT2D eigenvalue weighted by Gasteiger charge is 2.22. The molecular formula is C16H35N3. The number of hydrogen-bond donors (Lipinski definition) is 1. The van der Waals surface area contributed by atoms with Crippen LogP contribution in [0.25, 0.3) is 0 Å². The Kier molecular flexibility index (Phi) is 7.96. The Morgan fingerprint density at radius 1 is 1.21 bits per heavy atom. The van der Waals surface area contributed by atoms with Crippen LogP contribution in [0.15, 0.2) is 0 Å². The van der Waals surface area contributed by atoms with Gasteiger partial charge in [-0.05, 0) is 65.3 Å². The van der Waals surface area contributed by atoms with Gasteiger partial charge in [-0.15, -0.1) is 0 Å². The third-order valence-electron chi connectivity index (χ3n) is 3.94. The Bertz CT molecular complexity index is 210. The maximum atomic E-state index is 3.91. The van der Waals surface area contributed by atoms with E-state index in [-0.39, 0.29) is 0 Å². The van der Waals surface area contributed by atoms with Gasteiger partial charge in [0.05, 0.1) is 0 Å². The second-order valence-electron chi connectivity index (χ2n) is 6.87. The highest BCUT2D eigenvalue weighted by Crippen LogP contribution is 2.14. The van der Waals surface area contributed by atoms with Gasteiger partial charge < -0.3 is 15.1 Å². The van der Waals surface area contributed by atoms with E-state index in [2.05, 4.69) is 50.0 Å². The molecule has 0 saturated carbocycles. The van der Waals surface area contributed by atoms with Gasteiger partial charge in [0.15, 0.2) is 0 Å². The van der Waals surface area contributed by atoms with Gasteiger partial charge in [-0.1, -0.05) is 20.8 Å². The molecule has 0 aromatic heterocycles. The van der Waals surface area contributed by atoms with Crippen molar-refractivity contribution >= 4 is 0 Å². The first-order valence-corrected chi connectivity index (χ1v) is 8.14. The molecular weight excluding hydrogens is 234 g/mol. The highest BCUT2D eigenvalue weighted by atomic mass is 15.2. The van der Waals surface area contributed by atoms with Crippen molar-refractivity contribution in [2.45, 2.75) is 58.5 Å². The zero-order valence-electron chi connectivity index (χ0n) is 13.8. The Morgan fingerprint density at radius 3 is 2.32 bits per heavy atom. The lowest BCUT2D eigenvalue weighted by molar-refractivity contribution is 0.180. The second kappa shape index (κ2) is 8.93. The molecule has 1 aliphatic heterocycles. The van der Waals surface area contributed by atoms with Crippen molar-refractivity contribution < 1.29 is 0 Å². The molecule has 0 radical (unpaired) electrons. The number of piperidine rings is 1. The van der Waals surface area contributed by atoms with Crippen molar-refractivity contribution in [3.63, 3.8) is 0 Å². The average Bonchev–Trinajstić information content (AvgIpc) is 2.30. The van der Waals surface area contributed by atoms with Crippen LogP contribution in [0, 0.1) is 5.92 Å². The predicted molar refractivity (Wildman–Crippen MR) is 84.7 cm³/mol. The molecule has 1 heterocycles. The Hall–Kier alpha value is -0.120. The van der Waals surface area contributed by atoms with E-state index in [1.165, 1.54) is 45.3 Å². The van der Waals surface area contributed by atoms with Crippen molar-refractivity contribution in [2.75, 3.05) is 40.3 Å². The minimum absolute atomic E-state index is 0.651. The van der Waals surface area contributed by atoms with Crippen molar-refractivity contribution in [1.29, 1.82) is 0 Å². The zero-order chi connectivity index (χ0) is 14.3. The lowest BCUT2D eigenvalue weighted by atomic mass is 9.99. The summed E-state index contributed by atoms with van der Waals surface area (Å²) in [7, 11) is 4.36. The number of hydrogen-bond acceptors (Lipinski definition) is 3. The first-order chi connectivity index (χ1) is 9.01. The van der Waals surface area contributed by atoms with Crippen LogP contribution in [-0.2, 0) is 0 Å². The standard InChI is InChI=1S/C16H35N3/c1-6-9-19-10-7-15(8-11-19)17-16(12-14(2)3)13-18(4)5/h14-17H,6-13H2,1-5H3. The van der Waals surface area contributed by atoms with Crippen molar-refractivity contribution in [3.05, 3.63) is 0 Å². The van der Waals surface area contributed by atoms with Crippen LogP contribution in [-0.4, -0.2) is 62.2 Å². The van der Waals surface area contributed by atoms with Crippen LogP contribution in [0.3, 0.4) is 0 Å². The summed E-state index contributed by atoms with van der Waals surface area (Å²) < 4.78 is 0. The molecule has 1 N–H and O–H groups in total. The van der Waals surface area contributed by atoms with Crippen LogP contribution in [0.1, 0.15) is 46.5 Å². The van der Waals surface area contributed by atoms with Crippen LogP contribution in [0.4, 0.5) is 0 Å². The third-order valence-corrected chi connectivity index (χ3v) is 3.94. The van der Waals surface area contributed by atoms with Gasteiger partial charge in [-0.2, -0.15) is 0 Å². The first-order valence-electron chi connectivity index (χ1n) is 8.14. The third kappa shape index (κ3) is 7.28. The van der Waals surface area contributed by atoms with E-state index in [1.807, 2.05) is 0 Å². The van der Waals surface area contributed by atoms with Crippen molar-refractivity contribution in [1.82, 2.24) is 15.1 Å². The van der Waals surface area contributed by atoms with Crippen LogP contribution in [0.5, 0.6) is 0 Å². The molecule has 1 atom stereocenters. The molecule has 0 aromatic carbocycles.